The second-order valence-corrected chi connectivity index (χ2v) is 8.63. The van der Waals surface area contributed by atoms with E-state index in [9.17, 15) is 9.59 Å². The van der Waals surface area contributed by atoms with Crippen LogP contribution in [0.25, 0.3) is 22.8 Å². The summed E-state index contributed by atoms with van der Waals surface area (Å²) in [6.45, 7) is 0. The molecule has 1 fully saturated rings. The molecule has 0 spiro atoms. The SMILES string of the molecule is O=C(Nc1ccccn1)c1nc(-c2ccccc2)oc1-c1ccc(NC(=O)C2CCCCC2)cc1. The molecule has 2 aromatic carbocycles. The highest BCUT2D eigenvalue weighted by molar-refractivity contribution is 6.06. The second kappa shape index (κ2) is 10.3. The topological polar surface area (TPSA) is 97.1 Å². The summed E-state index contributed by atoms with van der Waals surface area (Å²) in [6.07, 6.45) is 6.91. The maximum Gasteiger partial charge on any atom is 0.279 e. The number of nitrogens with one attached hydrogen (secondary N) is 2. The molecule has 0 saturated heterocycles. The summed E-state index contributed by atoms with van der Waals surface area (Å²) in [5.41, 5.74) is 2.32. The van der Waals surface area contributed by atoms with Gasteiger partial charge < -0.3 is 15.1 Å². The average molecular weight is 467 g/mol. The molecule has 2 N–H and O–H groups in total. The Morgan fingerprint density at radius 3 is 2.26 bits per heavy atom. The molecule has 5 rings (SSSR count). The first-order chi connectivity index (χ1) is 17.2. The van der Waals surface area contributed by atoms with Crippen LogP contribution in [0.5, 0.6) is 0 Å². The van der Waals surface area contributed by atoms with Gasteiger partial charge in [0.15, 0.2) is 11.5 Å². The van der Waals surface area contributed by atoms with Crippen molar-refractivity contribution in [2.24, 2.45) is 5.92 Å². The third kappa shape index (κ3) is 5.30. The van der Waals surface area contributed by atoms with Gasteiger partial charge in [-0.25, -0.2) is 9.97 Å². The molecule has 2 amide bonds. The number of nitrogens with zero attached hydrogens (tertiary/aromatic N) is 2. The largest absolute Gasteiger partial charge is 0.435 e. The molecule has 1 saturated carbocycles. The van der Waals surface area contributed by atoms with Crippen molar-refractivity contribution in [3.05, 3.63) is 84.7 Å². The summed E-state index contributed by atoms with van der Waals surface area (Å²) in [6, 6.07) is 22.0. The quantitative estimate of drug-likeness (QED) is 0.354. The molecule has 2 heterocycles. The molecular formula is C28H26N4O3. The van der Waals surface area contributed by atoms with Crippen LogP contribution >= 0.6 is 0 Å². The number of aromatic nitrogens is 2. The molecule has 1 aliphatic rings. The van der Waals surface area contributed by atoms with Crippen LogP contribution in [0.1, 0.15) is 42.6 Å². The molecule has 176 valence electrons. The maximum absolute atomic E-state index is 13.1. The van der Waals surface area contributed by atoms with E-state index >= 15 is 0 Å². The minimum Gasteiger partial charge on any atom is -0.435 e. The van der Waals surface area contributed by atoms with Gasteiger partial charge in [0.2, 0.25) is 11.8 Å². The summed E-state index contributed by atoms with van der Waals surface area (Å²) in [5, 5.41) is 5.80. The Bertz CT molecular complexity index is 1300. The van der Waals surface area contributed by atoms with E-state index in [1.54, 1.807) is 24.4 Å². The van der Waals surface area contributed by atoms with Gasteiger partial charge in [-0.15, -0.1) is 0 Å². The smallest absolute Gasteiger partial charge is 0.279 e. The van der Waals surface area contributed by atoms with E-state index in [1.165, 1.54) is 6.42 Å². The van der Waals surface area contributed by atoms with E-state index in [0.29, 0.717) is 28.7 Å². The molecule has 7 nitrogen and oxygen atoms in total. The minimum atomic E-state index is -0.417. The lowest BCUT2D eigenvalue weighted by Crippen LogP contribution is -2.24. The summed E-state index contributed by atoms with van der Waals surface area (Å²) < 4.78 is 6.08. The third-order valence-corrected chi connectivity index (χ3v) is 6.16. The lowest BCUT2D eigenvalue weighted by Gasteiger charge is -2.20. The van der Waals surface area contributed by atoms with Gasteiger partial charge in [0, 0.05) is 28.9 Å². The zero-order valence-corrected chi connectivity index (χ0v) is 19.2. The molecule has 2 aromatic heterocycles. The first-order valence-electron chi connectivity index (χ1n) is 11.9. The molecule has 0 aliphatic heterocycles. The highest BCUT2D eigenvalue weighted by Gasteiger charge is 2.24. The van der Waals surface area contributed by atoms with Crippen molar-refractivity contribution in [3.63, 3.8) is 0 Å². The van der Waals surface area contributed by atoms with Crippen molar-refractivity contribution in [1.29, 1.82) is 0 Å². The Morgan fingerprint density at radius 1 is 0.800 bits per heavy atom. The summed E-state index contributed by atoms with van der Waals surface area (Å²) in [5.74, 6) is 0.851. The summed E-state index contributed by atoms with van der Waals surface area (Å²) in [7, 11) is 0. The lowest BCUT2D eigenvalue weighted by molar-refractivity contribution is -0.120. The molecule has 4 aromatic rings. The first-order valence-corrected chi connectivity index (χ1v) is 11.9. The number of oxazole rings is 1. The number of anilines is 2. The van der Waals surface area contributed by atoms with Crippen molar-refractivity contribution in [1.82, 2.24) is 9.97 Å². The van der Waals surface area contributed by atoms with Gasteiger partial charge in [-0.2, -0.15) is 0 Å². The fourth-order valence-corrected chi connectivity index (χ4v) is 4.30. The number of carbonyl (C=O) groups is 2. The van der Waals surface area contributed by atoms with Gasteiger partial charge in [0.05, 0.1) is 0 Å². The normalized spacial score (nSPS) is 13.8. The van der Waals surface area contributed by atoms with Crippen LogP contribution in [-0.2, 0) is 4.79 Å². The highest BCUT2D eigenvalue weighted by atomic mass is 16.4. The third-order valence-electron chi connectivity index (χ3n) is 6.16. The van der Waals surface area contributed by atoms with Gasteiger partial charge in [-0.1, -0.05) is 43.5 Å². The predicted molar refractivity (Wildman–Crippen MR) is 135 cm³/mol. The predicted octanol–water partition coefficient (Wildman–Crippen LogP) is 6.17. The fraction of sp³-hybridized carbons (Fsp3) is 0.214. The summed E-state index contributed by atoms with van der Waals surface area (Å²) in [4.78, 5) is 34.4. The molecule has 7 heteroatoms. The molecule has 0 radical (unpaired) electrons. The van der Waals surface area contributed by atoms with Gasteiger partial charge in [-0.05, 0) is 61.4 Å². The van der Waals surface area contributed by atoms with Crippen molar-refractivity contribution in [3.8, 4) is 22.8 Å². The number of hydrogen-bond acceptors (Lipinski definition) is 5. The van der Waals surface area contributed by atoms with Crippen LogP contribution in [0.2, 0.25) is 0 Å². The Balaban J connectivity index is 1.41. The van der Waals surface area contributed by atoms with Crippen LogP contribution in [0.3, 0.4) is 0 Å². The maximum atomic E-state index is 13.1. The number of pyridine rings is 1. The van der Waals surface area contributed by atoms with Gasteiger partial charge in [0.25, 0.3) is 5.91 Å². The van der Waals surface area contributed by atoms with Crippen molar-refractivity contribution in [2.75, 3.05) is 10.6 Å². The zero-order valence-electron chi connectivity index (χ0n) is 19.2. The van der Waals surface area contributed by atoms with Gasteiger partial charge in [0.1, 0.15) is 5.82 Å². The molecular weight excluding hydrogens is 440 g/mol. The van der Waals surface area contributed by atoms with Gasteiger partial charge >= 0.3 is 0 Å². The Hall–Kier alpha value is -4.26. The minimum absolute atomic E-state index is 0.0684. The molecule has 0 unspecified atom stereocenters. The van der Waals surface area contributed by atoms with E-state index in [0.717, 1.165) is 31.2 Å². The van der Waals surface area contributed by atoms with Crippen LogP contribution in [0.15, 0.2) is 83.4 Å². The number of benzene rings is 2. The van der Waals surface area contributed by atoms with Crippen LogP contribution in [-0.4, -0.2) is 21.8 Å². The number of carbonyl (C=O) groups excluding carboxylic acids is 2. The van der Waals surface area contributed by atoms with E-state index < -0.39 is 5.91 Å². The molecule has 0 atom stereocenters. The zero-order chi connectivity index (χ0) is 24.0. The van der Waals surface area contributed by atoms with E-state index in [1.807, 2.05) is 54.6 Å². The van der Waals surface area contributed by atoms with E-state index in [2.05, 4.69) is 20.6 Å². The monoisotopic (exact) mass is 466 g/mol. The highest BCUT2D eigenvalue weighted by Crippen LogP contribution is 2.31. The van der Waals surface area contributed by atoms with Crippen LogP contribution in [0.4, 0.5) is 11.5 Å². The second-order valence-electron chi connectivity index (χ2n) is 8.63. The van der Waals surface area contributed by atoms with Gasteiger partial charge in [-0.3, -0.25) is 9.59 Å². The number of amides is 2. The number of hydrogen-bond donors (Lipinski definition) is 2. The fourth-order valence-electron chi connectivity index (χ4n) is 4.30. The molecule has 0 bridgehead atoms. The van der Waals surface area contributed by atoms with Crippen molar-refractivity contribution < 1.29 is 14.0 Å². The Kier molecular flexibility index (Phi) is 6.66. The summed E-state index contributed by atoms with van der Waals surface area (Å²) >= 11 is 0. The lowest BCUT2D eigenvalue weighted by atomic mass is 9.88. The first kappa shape index (κ1) is 22.5. The Labute approximate surface area is 203 Å². The number of rotatable bonds is 6. The van der Waals surface area contributed by atoms with Crippen molar-refractivity contribution in [2.45, 2.75) is 32.1 Å². The van der Waals surface area contributed by atoms with Crippen LogP contribution < -0.4 is 10.6 Å². The van der Waals surface area contributed by atoms with Crippen molar-refractivity contribution >= 4 is 23.3 Å². The Morgan fingerprint density at radius 2 is 1.54 bits per heavy atom. The molecule has 35 heavy (non-hydrogen) atoms. The average Bonchev–Trinajstić information content (AvgIpc) is 3.37. The van der Waals surface area contributed by atoms with Crippen LogP contribution in [0, 0.1) is 5.92 Å². The standard InChI is InChI=1S/C28H26N4O3/c33-26(20-9-3-1-4-10-20)30-22-16-14-19(15-17-22)25-24(27(34)31-23-13-7-8-18-29-23)32-28(35-25)21-11-5-2-6-12-21/h2,5-8,11-18,20H,1,3-4,9-10H2,(H,30,33)(H,29,31,34). The molecule has 1 aliphatic carbocycles. The van der Waals surface area contributed by atoms with E-state index in [-0.39, 0.29) is 17.5 Å². The van der Waals surface area contributed by atoms with E-state index in [4.69, 9.17) is 4.42 Å².